The maximum Gasteiger partial charge on any atom is 0.129 e. The zero-order valence-electron chi connectivity index (χ0n) is 29.7. The SMILES string of the molecule is [CH2]c1nc(CCCCCCCCCCCCCCCCCC)cc(CCCCCCCCCCCCCCCCCC)n1. The lowest BCUT2D eigenvalue weighted by molar-refractivity contribution is 0.528. The molecule has 2 heteroatoms. The Labute approximate surface area is 271 Å². The molecular formula is C41H77N2. The van der Waals surface area contributed by atoms with E-state index in [1.165, 1.54) is 217 Å². The Morgan fingerprint density at radius 1 is 0.349 bits per heavy atom. The fourth-order valence-electron chi connectivity index (χ4n) is 6.58. The molecule has 1 rings (SSSR count). The highest BCUT2D eigenvalue weighted by molar-refractivity contribution is 5.13. The van der Waals surface area contributed by atoms with Crippen LogP contribution in [0.1, 0.15) is 237 Å². The van der Waals surface area contributed by atoms with Crippen molar-refractivity contribution in [2.75, 3.05) is 0 Å². The molecule has 0 aliphatic carbocycles. The van der Waals surface area contributed by atoms with Crippen LogP contribution in [0, 0.1) is 6.92 Å². The summed E-state index contributed by atoms with van der Waals surface area (Å²) in [4.78, 5) is 9.29. The predicted molar refractivity (Wildman–Crippen MR) is 193 cm³/mol. The average Bonchev–Trinajstić information content (AvgIpc) is 3.00. The van der Waals surface area contributed by atoms with Crippen LogP contribution in [0.3, 0.4) is 0 Å². The van der Waals surface area contributed by atoms with Gasteiger partial charge in [-0.1, -0.05) is 206 Å². The topological polar surface area (TPSA) is 25.8 Å². The Morgan fingerprint density at radius 3 is 0.791 bits per heavy atom. The van der Waals surface area contributed by atoms with Gasteiger partial charge in [0, 0.05) is 18.3 Å². The molecule has 0 bridgehead atoms. The van der Waals surface area contributed by atoms with Crippen molar-refractivity contribution in [3.8, 4) is 0 Å². The molecule has 0 saturated heterocycles. The lowest BCUT2D eigenvalue weighted by Crippen LogP contribution is -2.01. The van der Waals surface area contributed by atoms with Crippen LogP contribution in [0.5, 0.6) is 0 Å². The van der Waals surface area contributed by atoms with Gasteiger partial charge in [-0.25, -0.2) is 9.97 Å². The van der Waals surface area contributed by atoms with Gasteiger partial charge in [0.2, 0.25) is 0 Å². The van der Waals surface area contributed by atoms with E-state index in [0.29, 0.717) is 0 Å². The van der Waals surface area contributed by atoms with E-state index in [0.717, 1.165) is 18.7 Å². The molecular weight excluding hydrogens is 520 g/mol. The smallest absolute Gasteiger partial charge is 0.129 e. The third-order valence-electron chi connectivity index (χ3n) is 9.45. The van der Waals surface area contributed by atoms with E-state index in [4.69, 9.17) is 0 Å². The Hall–Kier alpha value is -0.920. The van der Waals surface area contributed by atoms with Gasteiger partial charge in [-0.15, -0.1) is 0 Å². The molecule has 0 N–H and O–H groups in total. The molecule has 1 radical (unpaired) electrons. The Kier molecular flexibility index (Phi) is 30.3. The van der Waals surface area contributed by atoms with Crippen LogP contribution in [-0.4, -0.2) is 9.97 Å². The minimum absolute atomic E-state index is 0.723. The number of aryl methyl sites for hydroxylation is 2. The molecule has 2 nitrogen and oxygen atoms in total. The fourth-order valence-corrected chi connectivity index (χ4v) is 6.58. The Bertz CT molecular complexity index is 630. The summed E-state index contributed by atoms with van der Waals surface area (Å²) in [6, 6.07) is 2.27. The summed E-state index contributed by atoms with van der Waals surface area (Å²) < 4.78 is 0. The average molecular weight is 598 g/mol. The summed E-state index contributed by atoms with van der Waals surface area (Å²) in [7, 11) is 0. The first-order valence-corrected chi connectivity index (χ1v) is 19.9. The van der Waals surface area contributed by atoms with Gasteiger partial charge in [-0.2, -0.15) is 0 Å². The summed E-state index contributed by atoms with van der Waals surface area (Å²) in [5.74, 6) is 0.723. The largest absolute Gasteiger partial charge is 0.238 e. The number of unbranched alkanes of at least 4 members (excludes halogenated alkanes) is 30. The van der Waals surface area contributed by atoms with E-state index < -0.39 is 0 Å². The Morgan fingerprint density at radius 2 is 0.558 bits per heavy atom. The molecule has 251 valence electrons. The maximum absolute atomic E-state index is 4.64. The van der Waals surface area contributed by atoms with Crippen LogP contribution >= 0.6 is 0 Å². The first-order valence-electron chi connectivity index (χ1n) is 19.9. The molecule has 1 aromatic rings. The third kappa shape index (κ3) is 28.3. The van der Waals surface area contributed by atoms with Gasteiger partial charge < -0.3 is 0 Å². The van der Waals surface area contributed by atoms with Gasteiger partial charge in [0.05, 0.1) is 0 Å². The molecule has 0 atom stereocenters. The second-order valence-corrected chi connectivity index (χ2v) is 13.9. The number of aromatic nitrogens is 2. The molecule has 0 aliphatic heterocycles. The van der Waals surface area contributed by atoms with Crippen LogP contribution in [0.2, 0.25) is 0 Å². The highest BCUT2D eigenvalue weighted by Crippen LogP contribution is 2.17. The molecule has 0 amide bonds. The van der Waals surface area contributed by atoms with E-state index in [2.05, 4.69) is 36.8 Å². The van der Waals surface area contributed by atoms with Crippen molar-refractivity contribution >= 4 is 0 Å². The van der Waals surface area contributed by atoms with Crippen molar-refractivity contribution in [1.82, 2.24) is 9.97 Å². The molecule has 0 aliphatic rings. The molecule has 0 spiro atoms. The zero-order chi connectivity index (χ0) is 30.9. The third-order valence-corrected chi connectivity index (χ3v) is 9.45. The summed E-state index contributed by atoms with van der Waals surface area (Å²) in [5, 5.41) is 0. The number of rotatable bonds is 34. The quantitative estimate of drug-likeness (QED) is 0.0738. The summed E-state index contributed by atoms with van der Waals surface area (Å²) >= 11 is 0. The second kappa shape index (κ2) is 32.5. The van der Waals surface area contributed by atoms with Crippen LogP contribution in [0.25, 0.3) is 0 Å². The second-order valence-electron chi connectivity index (χ2n) is 13.9. The van der Waals surface area contributed by atoms with Crippen molar-refractivity contribution < 1.29 is 0 Å². The van der Waals surface area contributed by atoms with E-state index >= 15 is 0 Å². The van der Waals surface area contributed by atoms with E-state index in [9.17, 15) is 0 Å². The van der Waals surface area contributed by atoms with Gasteiger partial charge in [0.15, 0.2) is 0 Å². The van der Waals surface area contributed by atoms with Gasteiger partial charge in [-0.05, 0) is 31.7 Å². The van der Waals surface area contributed by atoms with Gasteiger partial charge in [-0.3, -0.25) is 0 Å². The van der Waals surface area contributed by atoms with Crippen molar-refractivity contribution in [3.05, 3.63) is 30.2 Å². The van der Waals surface area contributed by atoms with Gasteiger partial charge in [0.25, 0.3) is 0 Å². The number of hydrogen-bond donors (Lipinski definition) is 0. The normalized spacial score (nSPS) is 11.5. The zero-order valence-corrected chi connectivity index (χ0v) is 29.7. The van der Waals surface area contributed by atoms with Crippen LogP contribution in [0.4, 0.5) is 0 Å². The van der Waals surface area contributed by atoms with Crippen molar-refractivity contribution in [1.29, 1.82) is 0 Å². The minimum Gasteiger partial charge on any atom is -0.238 e. The highest BCUT2D eigenvalue weighted by atomic mass is 14.9. The van der Waals surface area contributed by atoms with Crippen molar-refractivity contribution in [3.63, 3.8) is 0 Å². The van der Waals surface area contributed by atoms with Gasteiger partial charge >= 0.3 is 0 Å². The molecule has 0 aromatic carbocycles. The highest BCUT2D eigenvalue weighted by Gasteiger charge is 2.04. The fraction of sp³-hybridized carbons (Fsp3) is 0.878. The lowest BCUT2D eigenvalue weighted by atomic mass is 10.0. The van der Waals surface area contributed by atoms with Gasteiger partial charge in [0.1, 0.15) is 5.82 Å². The van der Waals surface area contributed by atoms with Crippen LogP contribution in [-0.2, 0) is 12.8 Å². The molecule has 43 heavy (non-hydrogen) atoms. The first-order chi connectivity index (χ1) is 21.3. The number of nitrogens with zero attached hydrogens (tertiary/aromatic N) is 2. The molecule has 0 fully saturated rings. The lowest BCUT2D eigenvalue weighted by Gasteiger charge is -2.07. The molecule has 1 heterocycles. The van der Waals surface area contributed by atoms with Crippen molar-refractivity contribution in [2.24, 2.45) is 0 Å². The van der Waals surface area contributed by atoms with E-state index in [-0.39, 0.29) is 0 Å². The number of hydrogen-bond acceptors (Lipinski definition) is 2. The summed E-state index contributed by atoms with van der Waals surface area (Å²) in [6.45, 7) is 8.67. The van der Waals surface area contributed by atoms with Crippen LogP contribution in [0.15, 0.2) is 6.07 Å². The van der Waals surface area contributed by atoms with Crippen LogP contribution < -0.4 is 0 Å². The summed E-state index contributed by atoms with van der Waals surface area (Å²) in [6.07, 6.45) is 47.6. The van der Waals surface area contributed by atoms with E-state index in [1.807, 2.05) is 0 Å². The minimum atomic E-state index is 0.723. The van der Waals surface area contributed by atoms with E-state index in [1.54, 1.807) is 0 Å². The maximum atomic E-state index is 4.64. The molecule has 0 saturated carbocycles. The first kappa shape index (κ1) is 40.1. The Balaban J connectivity index is 1.91. The standard InChI is InChI=1S/C41H77N2/c1-4-6-8-10-12-14-16-18-20-22-24-26-28-30-32-34-36-40-38-41(43-39(3)42-40)37-35-33-31-29-27-25-23-21-19-17-15-13-11-9-7-5-2/h38H,3-37H2,1-2H3. The molecule has 1 aromatic heterocycles. The predicted octanol–water partition coefficient (Wildman–Crippen LogP) is 14.3. The monoisotopic (exact) mass is 598 g/mol. The molecule has 0 unspecified atom stereocenters. The van der Waals surface area contributed by atoms with Crippen molar-refractivity contribution in [2.45, 2.75) is 232 Å². The summed E-state index contributed by atoms with van der Waals surface area (Å²) in [5.41, 5.74) is 2.44.